The molecule has 3 nitrogen and oxygen atoms in total. The summed E-state index contributed by atoms with van der Waals surface area (Å²) in [4.78, 5) is 9.26. The van der Waals surface area contributed by atoms with Crippen molar-refractivity contribution in [2.45, 2.75) is 45.8 Å². The molecule has 0 unspecified atom stereocenters. The minimum atomic E-state index is 0.398. The monoisotopic (exact) mass is 331 g/mol. The molecule has 1 N–H and O–H groups in total. The van der Waals surface area contributed by atoms with Gasteiger partial charge in [0.1, 0.15) is 11.6 Å². The van der Waals surface area contributed by atoms with Crippen LogP contribution in [0.2, 0.25) is 0 Å². The zero-order valence-electron chi connectivity index (χ0n) is 11.6. The summed E-state index contributed by atoms with van der Waals surface area (Å²) >= 11 is 5.47. The van der Waals surface area contributed by atoms with E-state index in [0.717, 1.165) is 46.3 Å². The van der Waals surface area contributed by atoms with E-state index in [1.54, 1.807) is 0 Å². The third-order valence-electron chi connectivity index (χ3n) is 2.45. The summed E-state index contributed by atoms with van der Waals surface area (Å²) in [6, 6.07) is 0. The van der Waals surface area contributed by atoms with E-state index in [1.165, 1.54) is 0 Å². The van der Waals surface area contributed by atoms with Gasteiger partial charge in [-0.2, -0.15) is 11.8 Å². The molecule has 0 spiro atoms. The summed E-state index contributed by atoms with van der Waals surface area (Å²) in [7, 11) is 0. The Morgan fingerprint density at radius 1 is 1.28 bits per heavy atom. The van der Waals surface area contributed by atoms with Crippen LogP contribution in [0.3, 0.4) is 0 Å². The summed E-state index contributed by atoms with van der Waals surface area (Å²) < 4.78 is 1.01. The molecule has 5 heteroatoms. The summed E-state index contributed by atoms with van der Waals surface area (Å²) in [6.07, 6.45) is 1.09. The van der Waals surface area contributed by atoms with E-state index in [2.05, 4.69) is 58.9 Å². The summed E-state index contributed by atoms with van der Waals surface area (Å²) in [5.41, 5.74) is 1.09. The van der Waals surface area contributed by atoms with Crippen LogP contribution in [-0.4, -0.2) is 22.3 Å². The Morgan fingerprint density at radius 3 is 2.56 bits per heavy atom. The number of hydrogen-bond donors (Lipinski definition) is 1. The van der Waals surface area contributed by atoms with E-state index >= 15 is 0 Å². The second-order valence-electron chi connectivity index (χ2n) is 4.41. The van der Waals surface area contributed by atoms with E-state index in [0.29, 0.717) is 5.92 Å². The molecule has 0 bridgehead atoms. The number of rotatable bonds is 7. The Kier molecular flexibility index (Phi) is 7.00. The lowest BCUT2D eigenvalue weighted by Gasteiger charge is -2.14. The first-order chi connectivity index (χ1) is 8.60. The number of thioether (sulfide) groups is 1. The van der Waals surface area contributed by atoms with Crippen molar-refractivity contribution < 1.29 is 0 Å². The van der Waals surface area contributed by atoms with Crippen molar-refractivity contribution in [2.75, 3.05) is 17.6 Å². The molecule has 0 aliphatic carbocycles. The number of aromatic nitrogens is 2. The van der Waals surface area contributed by atoms with Crippen LogP contribution < -0.4 is 5.32 Å². The molecule has 1 aromatic rings. The molecule has 0 atom stereocenters. The molecule has 0 aliphatic rings. The van der Waals surface area contributed by atoms with Crippen molar-refractivity contribution in [3.8, 4) is 0 Å². The maximum absolute atomic E-state index is 4.66. The second kappa shape index (κ2) is 8.00. The molecule has 0 aromatic carbocycles. The van der Waals surface area contributed by atoms with Crippen molar-refractivity contribution >= 4 is 33.5 Å². The average molecular weight is 332 g/mol. The van der Waals surface area contributed by atoms with E-state index in [-0.39, 0.29) is 0 Å². The number of anilines is 1. The molecule has 1 heterocycles. The van der Waals surface area contributed by atoms with Crippen LogP contribution in [0, 0.1) is 0 Å². The zero-order chi connectivity index (χ0) is 13.5. The van der Waals surface area contributed by atoms with Gasteiger partial charge >= 0.3 is 0 Å². The minimum Gasteiger partial charge on any atom is -0.369 e. The van der Waals surface area contributed by atoms with E-state index in [9.17, 15) is 0 Å². The van der Waals surface area contributed by atoms with Crippen LogP contribution in [0.5, 0.6) is 0 Å². The van der Waals surface area contributed by atoms with Crippen molar-refractivity contribution in [1.82, 2.24) is 9.97 Å². The molecule has 0 radical (unpaired) electrons. The van der Waals surface area contributed by atoms with Gasteiger partial charge in [-0.3, -0.25) is 0 Å². The Balaban J connectivity index is 3.02. The number of hydrogen-bond acceptors (Lipinski definition) is 4. The Morgan fingerprint density at radius 2 is 2.00 bits per heavy atom. The van der Waals surface area contributed by atoms with Gasteiger partial charge in [-0.05, 0) is 34.0 Å². The zero-order valence-corrected chi connectivity index (χ0v) is 14.0. The Labute approximate surface area is 123 Å². The van der Waals surface area contributed by atoms with Gasteiger partial charge in [0.25, 0.3) is 0 Å². The lowest BCUT2D eigenvalue weighted by molar-refractivity contribution is 0.790. The molecule has 18 heavy (non-hydrogen) atoms. The SMILES string of the molecule is CCCNc1nc(CSCC)nc(C(C)C)c1Br. The van der Waals surface area contributed by atoms with Crippen molar-refractivity contribution in [3.05, 3.63) is 16.0 Å². The molecule has 102 valence electrons. The molecule has 0 amide bonds. The van der Waals surface area contributed by atoms with Gasteiger partial charge in [-0.1, -0.05) is 27.7 Å². The highest BCUT2D eigenvalue weighted by molar-refractivity contribution is 9.10. The third kappa shape index (κ3) is 4.43. The number of nitrogens with zero attached hydrogens (tertiary/aromatic N) is 2. The Hall–Kier alpha value is -0.290. The van der Waals surface area contributed by atoms with Crippen LogP contribution in [0.15, 0.2) is 4.47 Å². The first kappa shape index (κ1) is 15.8. The second-order valence-corrected chi connectivity index (χ2v) is 6.47. The van der Waals surface area contributed by atoms with Crippen molar-refractivity contribution in [1.29, 1.82) is 0 Å². The van der Waals surface area contributed by atoms with Crippen LogP contribution >= 0.6 is 27.7 Å². The van der Waals surface area contributed by atoms with E-state index in [4.69, 9.17) is 0 Å². The lowest BCUT2D eigenvalue weighted by Crippen LogP contribution is -2.09. The topological polar surface area (TPSA) is 37.8 Å². The van der Waals surface area contributed by atoms with Crippen molar-refractivity contribution in [3.63, 3.8) is 0 Å². The third-order valence-corrected chi connectivity index (χ3v) is 4.10. The van der Waals surface area contributed by atoms with Crippen LogP contribution in [0.4, 0.5) is 5.82 Å². The number of nitrogens with one attached hydrogen (secondary N) is 1. The molecule has 0 fully saturated rings. The predicted octanol–water partition coefficient (Wildman–Crippen LogP) is 4.44. The fourth-order valence-corrected chi connectivity index (χ4v) is 2.80. The maximum Gasteiger partial charge on any atom is 0.144 e. The predicted molar refractivity (Wildman–Crippen MR) is 84.4 cm³/mol. The van der Waals surface area contributed by atoms with Gasteiger partial charge in [-0.25, -0.2) is 9.97 Å². The molecule has 0 saturated heterocycles. The highest BCUT2D eigenvalue weighted by atomic mass is 79.9. The van der Waals surface area contributed by atoms with E-state index < -0.39 is 0 Å². The molecule has 1 aromatic heterocycles. The fraction of sp³-hybridized carbons (Fsp3) is 0.692. The van der Waals surface area contributed by atoms with E-state index in [1.807, 2.05) is 11.8 Å². The van der Waals surface area contributed by atoms with Gasteiger partial charge in [0.15, 0.2) is 0 Å². The average Bonchev–Trinajstić information content (AvgIpc) is 2.35. The quantitative estimate of drug-likeness (QED) is 0.801. The first-order valence-electron chi connectivity index (χ1n) is 6.48. The smallest absolute Gasteiger partial charge is 0.144 e. The standard InChI is InChI=1S/C13H22BrN3S/c1-5-7-15-13-11(14)12(9(3)4)16-10(17-13)8-18-6-2/h9H,5-8H2,1-4H3,(H,15,16,17). The minimum absolute atomic E-state index is 0.398. The Bertz CT molecular complexity index is 383. The number of halogens is 1. The first-order valence-corrected chi connectivity index (χ1v) is 8.42. The highest BCUT2D eigenvalue weighted by Gasteiger charge is 2.14. The highest BCUT2D eigenvalue weighted by Crippen LogP contribution is 2.29. The normalized spacial score (nSPS) is 11.0. The maximum atomic E-state index is 4.66. The van der Waals surface area contributed by atoms with Crippen LogP contribution in [0.25, 0.3) is 0 Å². The van der Waals surface area contributed by atoms with Crippen LogP contribution in [0.1, 0.15) is 51.6 Å². The summed E-state index contributed by atoms with van der Waals surface area (Å²) in [5, 5.41) is 3.37. The molecule has 0 aliphatic heterocycles. The van der Waals surface area contributed by atoms with Crippen LogP contribution in [-0.2, 0) is 5.75 Å². The van der Waals surface area contributed by atoms with Gasteiger partial charge < -0.3 is 5.32 Å². The molecule has 0 saturated carbocycles. The molecular weight excluding hydrogens is 310 g/mol. The lowest BCUT2D eigenvalue weighted by atomic mass is 10.1. The van der Waals surface area contributed by atoms with Gasteiger partial charge in [0.2, 0.25) is 0 Å². The fourth-order valence-electron chi connectivity index (χ4n) is 1.51. The van der Waals surface area contributed by atoms with Gasteiger partial charge in [-0.15, -0.1) is 0 Å². The largest absolute Gasteiger partial charge is 0.369 e. The van der Waals surface area contributed by atoms with Gasteiger partial charge in [0.05, 0.1) is 15.9 Å². The summed E-state index contributed by atoms with van der Waals surface area (Å²) in [6.45, 7) is 9.57. The van der Waals surface area contributed by atoms with Gasteiger partial charge in [0, 0.05) is 6.54 Å². The summed E-state index contributed by atoms with van der Waals surface area (Å²) in [5.74, 6) is 4.22. The molecular formula is C13H22BrN3S. The van der Waals surface area contributed by atoms with Crippen molar-refractivity contribution in [2.24, 2.45) is 0 Å². The molecule has 1 rings (SSSR count).